The highest BCUT2D eigenvalue weighted by Crippen LogP contribution is 2.43. The summed E-state index contributed by atoms with van der Waals surface area (Å²) >= 11 is 6.24. The van der Waals surface area contributed by atoms with Crippen molar-refractivity contribution in [3.8, 4) is 5.75 Å². The molecule has 0 spiro atoms. The fraction of sp³-hybridized carbons (Fsp3) is 0.167. The van der Waals surface area contributed by atoms with E-state index in [9.17, 15) is 13.6 Å². The number of ether oxygens (including phenoxy) is 1. The summed E-state index contributed by atoms with van der Waals surface area (Å²) in [5.74, 6) is -1.81. The average molecular weight is 442 g/mol. The number of benzene rings is 2. The lowest BCUT2D eigenvalue weighted by Crippen LogP contribution is -2.02. The Labute approximate surface area is 182 Å². The van der Waals surface area contributed by atoms with Gasteiger partial charge in [0, 0.05) is 28.4 Å². The summed E-state index contributed by atoms with van der Waals surface area (Å²) in [4.78, 5) is 15.4. The van der Waals surface area contributed by atoms with Crippen molar-refractivity contribution in [3.63, 3.8) is 0 Å². The normalized spacial score (nSPS) is 13.5. The van der Waals surface area contributed by atoms with Gasteiger partial charge in [0.25, 0.3) is 0 Å². The van der Waals surface area contributed by atoms with E-state index in [0.29, 0.717) is 16.5 Å². The molecule has 0 radical (unpaired) electrons. The highest BCUT2D eigenvalue weighted by Gasteiger charge is 2.22. The maximum absolute atomic E-state index is 14.0. The third-order valence-electron chi connectivity index (χ3n) is 5.20. The number of carboxylic acids is 1. The predicted octanol–water partition coefficient (Wildman–Crippen LogP) is 6.39. The minimum Gasteiger partial charge on any atom is -0.488 e. The van der Waals surface area contributed by atoms with E-state index in [0.717, 1.165) is 42.0 Å². The lowest BCUT2D eigenvalue weighted by Gasteiger charge is -2.15. The molecule has 0 saturated heterocycles. The number of aromatic carboxylic acids is 1. The van der Waals surface area contributed by atoms with Gasteiger partial charge in [-0.05, 0) is 72.9 Å². The number of allylic oxidation sites excluding steroid dienone is 2. The highest BCUT2D eigenvalue weighted by molar-refractivity contribution is 6.30. The Hall–Kier alpha value is -3.25. The molecule has 4 nitrogen and oxygen atoms in total. The number of carboxylic acid groups (broad SMARTS) is 1. The van der Waals surface area contributed by atoms with E-state index < -0.39 is 17.6 Å². The van der Waals surface area contributed by atoms with Crippen LogP contribution in [-0.4, -0.2) is 16.1 Å². The van der Waals surface area contributed by atoms with Crippen molar-refractivity contribution in [3.05, 3.63) is 93.8 Å². The van der Waals surface area contributed by atoms with Crippen LogP contribution in [0.2, 0.25) is 5.02 Å². The molecule has 0 aliphatic heterocycles. The molecular formula is C24H18ClF2NO3. The molecular weight excluding hydrogens is 424 g/mol. The van der Waals surface area contributed by atoms with Crippen LogP contribution >= 0.6 is 11.6 Å². The molecule has 7 heteroatoms. The highest BCUT2D eigenvalue weighted by atomic mass is 35.5. The number of aromatic nitrogens is 1. The Morgan fingerprint density at radius 1 is 1.06 bits per heavy atom. The second kappa shape index (κ2) is 8.86. The summed E-state index contributed by atoms with van der Waals surface area (Å²) in [6, 6.07) is 11.8. The summed E-state index contributed by atoms with van der Waals surface area (Å²) in [5, 5.41) is 9.63. The first-order chi connectivity index (χ1) is 14.9. The van der Waals surface area contributed by atoms with Crippen molar-refractivity contribution in [2.45, 2.75) is 25.9 Å². The first kappa shape index (κ1) is 21.0. The van der Waals surface area contributed by atoms with Gasteiger partial charge in [-0.2, -0.15) is 0 Å². The van der Waals surface area contributed by atoms with E-state index in [1.54, 1.807) is 24.3 Å². The summed E-state index contributed by atoms with van der Waals surface area (Å²) < 4.78 is 33.0. The van der Waals surface area contributed by atoms with Gasteiger partial charge in [0.05, 0.1) is 11.3 Å². The van der Waals surface area contributed by atoms with Gasteiger partial charge in [0.2, 0.25) is 0 Å². The molecule has 2 aromatic carbocycles. The molecule has 31 heavy (non-hydrogen) atoms. The molecule has 1 N–H and O–H groups in total. The van der Waals surface area contributed by atoms with E-state index in [-0.39, 0.29) is 17.7 Å². The monoisotopic (exact) mass is 441 g/mol. The zero-order chi connectivity index (χ0) is 22.0. The lowest BCUT2D eigenvalue weighted by molar-refractivity contribution is 0.0696. The van der Waals surface area contributed by atoms with Crippen LogP contribution in [0.4, 0.5) is 8.78 Å². The fourth-order valence-electron chi connectivity index (χ4n) is 3.68. The van der Waals surface area contributed by atoms with Crippen LogP contribution in [0.15, 0.2) is 54.7 Å². The number of carbonyl (C=O) groups is 1. The lowest BCUT2D eigenvalue weighted by atomic mass is 9.98. The number of hydrogen-bond acceptors (Lipinski definition) is 3. The third-order valence-corrected chi connectivity index (χ3v) is 5.44. The van der Waals surface area contributed by atoms with Crippen molar-refractivity contribution >= 4 is 28.7 Å². The maximum atomic E-state index is 14.0. The van der Waals surface area contributed by atoms with Crippen molar-refractivity contribution in [2.24, 2.45) is 0 Å². The summed E-state index contributed by atoms with van der Waals surface area (Å²) in [7, 11) is 0. The summed E-state index contributed by atoms with van der Waals surface area (Å²) in [5.41, 5.74) is 3.86. The van der Waals surface area contributed by atoms with Crippen LogP contribution in [0, 0.1) is 11.6 Å². The molecule has 1 heterocycles. The zero-order valence-corrected chi connectivity index (χ0v) is 17.1. The number of pyridine rings is 1. The second-order valence-electron chi connectivity index (χ2n) is 7.21. The Morgan fingerprint density at radius 3 is 2.58 bits per heavy atom. The molecule has 1 aliphatic rings. The van der Waals surface area contributed by atoms with Gasteiger partial charge in [0.15, 0.2) is 0 Å². The van der Waals surface area contributed by atoms with E-state index >= 15 is 0 Å². The third kappa shape index (κ3) is 4.59. The number of rotatable bonds is 6. The average Bonchev–Trinajstić information content (AvgIpc) is 3.23. The minimum atomic E-state index is -1.03. The molecule has 3 aromatic rings. The van der Waals surface area contributed by atoms with Crippen LogP contribution in [0.1, 0.15) is 46.4 Å². The number of hydrogen-bond donors (Lipinski definition) is 1. The molecule has 0 bridgehead atoms. The van der Waals surface area contributed by atoms with Gasteiger partial charge in [-0.1, -0.05) is 11.6 Å². The van der Waals surface area contributed by atoms with Crippen LogP contribution in [0.3, 0.4) is 0 Å². The minimum absolute atomic E-state index is 0.0606. The van der Waals surface area contributed by atoms with Crippen LogP contribution < -0.4 is 4.74 Å². The smallest absolute Gasteiger partial charge is 0.337 e. The van der Waals surface area contributed by atoms with Crippen molar-refractivity contribution in [1.82, 2.24) is 4.98 Å². The molecule has 158 valence electrons. The largest absolute Gasteiger partial charge is 0.488 e. The standard InChI is InChI=1S/C24H18ClF2NO3/c25-16-6-9-23(31-13-15-4-7-17(26)11-21(15)27)20(10-16)18-2-1-3-19(18)22-8-5-14(12-28-22)24(29)30/h4-12H,1-3,13H2,(H,29,30). The van der Waals surface area contributed by atoms with Crippen molar-refractivity contribution in [2.75, 3.05) is 0 Å². The Kier molecular flexibility index (Phi) is 6.00. The summed E-state index contributed by atoms with van der Waals surface area (Å²) in [6.07, 6.45) is 3.81. The van der Waals surface area contributed by atoms with E-state index in [1.807, 2.05) is 0 Å². The predicted molar refractivity (Wildman–Crippen MR) is 114 cm³/mol. The molecule has 0 fully saturated rings. The second-order valence-corrected chi connectivity index (χ2v) is 7.65. The van der Waals surface area contributed by atoms with E-state index in [2.05, 4.69) is 4.98 Å². The first-order valence-corrected chi connectivity index (χ1v) is 10.1. The van der Waals surface area contributed by atoms with Crippen LogP contribution in [-0.2, 0) is 6.61 Å². The van der Waals surface area contributed by atoms with Gasteiger partial charge >= 0.3 is 5.97 Å². The fourth-order valence-corrected chi connectivity index (χ4v) is 3.85. The first-order valence-electron chi connectivity index (χ1n) is 9.71. The molecule has 4 rings (SSSR count). The van der Waals surface area contributed by atoms with Gasteiger partial charge in [0.1, 0.15) is 24.0 Å². The molecule has 1 aromatic heterocycles. The molecule has 0 saturated carbocycles. The molecule has 0 atom stereocenters. The van der Waals surface area contributed by atoms with Crippen LogP contribution in [0.25, 0.3) is 11.1 Å². The van der Waals surface area contributed by atoms with Gasteiger partial charge in [-0.3, -0.25) is 4.98 Å². The Bertz CT molecular complexity index is 1180. The van der Waals surface area contributed by atoms with Crippen molar-refractivity contribution < 1.29 is 23.4 Å². The SMILES string of the molecule is O=C(O)c1ccc(C2=C(c3cc(Cl)ccc3OCc3ccc(F)cc3F)CCC2)nc1. The molecule has 1 aliphatic carbocycles. The van der Waals surface area contributed by atoms with Gasteiger partial charge in [-0.25, -0.2) is 13.6 Å². The quantitative estimate of drug-likeness (QED) is 0.481. The Balaban J connectivity index is 1.68. The van der Waals surface area contributed by atoms with Gasteiger partial charge < -0.3 is 9.84 Å². The summed E-state index contributed by atoms with van der Waals surface area (Å²) in [6.45, 7) is -0.0606. The van der Waals surface area contributed by atoms with Gasteiger partial charge in [-0.15, -0.1) is 0 Å². The van der Waals surface area contributed by atoms with E-state index in [1.165, 1.54) is 24.4 Å². The molecule has 0 unspecified atom stereocenters. The maximum Gasteiger partial charge on any atom is 0.337 e. The number of halogens is 3. The van der Waals surface area contributed by atoms with E-state index in [4.69, 9.17) is 21.4 Å². The van der Waals surface area contributed by atoms with Crippen LogP contribution in [0.5, 0.6) is 5.75 Å². The Morgan fingerprint density at radius 2 is 1.87 bits per heavy atom. The van der Waals surface area contributed by atoms with Crippen molar-refractivity contribution in [1.29, 1.82) is 0 Å². The molecule has 0 amide bonds. The number of nitrogens with zero attached hydrogens (tertiary/aromatic N) is 1. The topological polar surface area (TPSA) is 59.4 Å². The zero-order valence-electron chi connectivity index (χ0n) is 16.4.